The number of piperidine rings is 1. The van der Waals surface area contributed by atoms with Crippen molar-refractivity contribution < 1.29 is 27.5 Å². The lowest BCUT2D eigenvalue weighted by Crippen LogP contribution is -2.43. The van der Waals surface area contributed by atoms with Crippen LogP contribution in [0, 0.1) is 17.8 Å². The average Bonchev–Trinajstić information content (AvgIpc) is 2.94. The quantitative estimate of drug-likeness (QED) is 0.306. The molecular formula is C32H44F3N5O3. The number of aromatic nitrogens is 2. The summed E-state index contributed by atoms with van der Waals surface area (Å²) < 4.78 is 47.6. The number of anilines is 2. The highest BCUT2D eigenvalue weighted by molar-refractivity contribution is 5.95. The van der Waals surface area contributed by atoms with Crippen LogP contribution in [0.2, 0.25) is 0 Å². The summed E-state index contributed by atoms with van der Waals surface area (Å²) in [5, 5.41) is 6.06. The molecule has 2 fully saturated rings. The average molecular weight is 604 g/mol. The number of amides is 1. The third-order valence-corrected chi connectivity index (χ3v) is 8.58. The summed E-state index contributed by atoms with van der Waals surface area (Å²) >= 11 is 0. The second-order valence-electron chi connectivity index (χ2n) is 12.5. The number of halogens is 3. The van der Waals surface area contributed by atoms with Crippen LogP contribution in [0.1, 0.15) is 86.8 Å². The molecule has 1 amide bonds. The molecule has 8 nitrogen and oxygen atoms in total. The van der Waals surface area contributed by atoms with E-state index in [1.54, 1.807) is 18.2 Å². The zero-order chi connectivity index (χ0) is 31.1. The Labute approximate surface area is 252 Å². The Balaban J connectivity index is 1.52. The van der Waals surface area contributed by atoms with Crippen LogP contribution in [0.15, 0.2) is 24.4 Å². The van der Waals surface area contributed by atoms with E-state index in [1.165, 1.54) is 7.11 Å². The molecule has 1 aliphatic carbocycles. The number of nitrogens with zero attached hydrogens (tertiary/aromatic N) is 3. The summed E-state index contributed by atoms with van der Waals surface area (Å²) in [5.74, 6) is 0.544. The van der Waals surface area contributed by atoms with E-state index in [2.05, 4.69) is 32.5 Å². The molecule has 2 heterocycles. The number of hydrogen-bond acceptors (Lipinski definition) is 7. The first-order valence-corrected chi connectivity index (χ1v) is 15.3. The van der Waals surface area contributed by atoms with Gasteiger partial charge in [0.05, 0.1) is 24.1 Å². The van der Waals surface area contributed by atoms with Crippen molar-refractivity contribution in [1.82, 2.24) is 20.2 Å². The molecule has 0 spiro atoms. The monoisotopic (exact) mass is 603 g/mol. The van der Waals surface area contributed by atoms with Gasteiger partial charge in [-0.15, -0.1) is 0 Å². The minimum atomic E-state index is -4.61. The zero-order valence-corrected chi connectivity index (χ0v) is 25.6. The predicted octanol–water partition coefficient (Wildman–Crippen LogP) is 6.43. The largest absolute Gasteiger partial charge is 0.495 e. The Hall–Kier alpha value is -3.21. The Bertz CT molecular complexity index is 1260. The van der Waals surface area contributed by atoms with Gasteiger partial charge in [-0.25, -0.2) is 9.97 Å². The summed E-state index contributed by atoms with van der Waals surface area (Å²) in [7, 11) is 3.52. The summed E-state index contributed by atoms with van der Waals surface area (Å²) in [6, 6.07) is 4.98. The Morgan fingerprint density at radius 1 is 1.09 bits per heavy atom. The maximum atomic E-state index is 14.0. The van der Waals surface area contributed by atoms with Crippen molar-refractivity contribution in [2.24, 2.45) is 17.8 Å². The number of carbonyl (C=O) groups excluding carboxylic acids is 2. The van der Waals surface area contributed by atoms with Crippen LogP contribution in [-0.4, -0.2) is 59.8 Å². The van der Waals surface area contributed by atoms with Gasteiger partial charge in [-0.3, -0.25) is 9.59 Å². The number of alkyl halides is 3. The molecule has 1 saturated carbocycles. The molecular weight excluding hydrogens is 559 g/mol. The molecule has 2 atom stereocenters. The van der Waals surface area contributed by atoms with E-state index >= 15 is 0 Å². The molecule has 236 valence electrons. The smallest absolute Gasteiger partial charge is 0.419 e. The molecule has 1 saturated heterocycles. The Kier molecular flexibility index (Phi) is 11.0. The Morgan fingerprint density at radius 3 is 2.44 bits per heavy atom. The van der Waals surface area contributed by atoms with Crippen LogP contribution in [0.25, 0.3) is 0 Å². The molecule has 2 aromatic rings. The molecule has 2 aliphatic rings. The number of carbonyl (C=O) groups is 2. The lowest BCUT2D eigenvalue weighted by atomic mass is 9.74. The van der Waals surface area contributed by atoms with Gasteiger partial charge in [0, 0.05) is 30.6 Å². The number of ether oxygens (including phenoxy) is 1. The van der Waals surface area contributed by atoms with Gasteiger partial charge in [0.2, 0.25) is 5.95 Å². The van der Waals surface area contributed by atoms with Crippen LogP contribution in [0.3, 0.4) is 0 Å². The van der Waals surface area contributed by atoms with E-state index in [9.17, 15) is 22.8 Å². The maximum Gasteiger partial charge on any atom is 0.419 e. The zero-order valence-electron chi connectivity index (χ0n) is 25.6. The first-order chi connectivity index (χ1) is 20.4. The fraction of sp³-hybridized carbons (Fsp3) is 0.625. The molecule has 2 N–H and O–H groups in total. The van der Waals surface area contributed by atoms with Gasteiger partial charge in [-0.05, 0) is 88.2 Å². The number of rotatable bonds is 11. The molecule has 43 heavy (non-hydrogen) atoms. The van der Waals surface area contributed by atoms with Gasteiger partial charge >= 0.3 is 6.18 Å². The normalized spacial score (nSPS) is 20.2. The fourth-order valence-corrected chi connectivity index (χ4v) is 6.25. The van der Waals surface area contributed by atoms with Crippen LogP contribution in [0.4, 0.5) is 24.8 Å². The summed E-state index contributed by atoms with van der Waals surface area (Å²) in [4.78, 5) is 36.0. The molecule has 0 radical (unpaired) electrons. The highest BCUT2D eigenvalue weighted by Gasteiger charge is 2.37. The van der Waals surface area contributed by atoms with E-state index in [-0.39, 0.29) is 53.5 Å². The molecule has 11 heteroatoms. The lowest BCUT2D eigenvalue weighted by molar-refractivity contribution is -0.139. The van der Waals surface area contributed by atoms with Gasteiger partial charge in [-0.2, -0.15) is 13.2 Å². The third kappa shape index (κ3) is 9.14. The topological polar surface area (TPSA) is 96.5 Å². The molecule has 0 unspecified atom stereocenters. The second-order valence-corrected chi connectivity index (χ2v) is 12.5. The minimum absolute atomic E-state index is 0.00747. The number of Topliss-reactive ketones (excluding diaryl/α,β-unsaturated/α-hetero) is 1. The van der Waals surface area contributed by atoms with Crippen LogP contribution in [0.5, 0.6) is 5.75 Å². The van der Waals surface area contributed by atoms with E-state index in [1.807, 2.05) is 13.8 Å². The first kappa shape index (κ1) is 32.7. The van der Waals surface area contributed by atoms with E-state index < -0.39 is 11.7 Å². The third-order valence-electron chi connectivity index (χ3n) is 8.58. The van der Waals surface area contributed by atoms with Gasteiger partial charge < -0.3 is 20.3 Å². The highest BCUT2D eigenvalue weighted by atomic mass is 19.4. The van der Waals surface area contributed by atoms with Gasteiger partial charge in [0.25, 0.3) is 5.91 Å². The van der Waals surface area contributed by atoms with E-state index in [0.717, 1.165) is 57.8 Å². The number of ketones is 1. The fourth-order valence-electron chi connectivity index (χ4n) is 6.25. The number of hydrogen-bond donors (Lipinski definition) is 2. The summed E-state index contributed by atoms with van der Waals surface area (Å²) in [6.07, 6.45) is 2.47. The minimum Gasteiger partial charge on any atom is -0.495 e. The van der Waals surface area contributed by atoms with Gasteiger partial charge in [0.15, 0.2) is 0 Å². The van der Waals surface area contributed by atoms with Crippen molar-refractivity contribution in [3.8, 4) is 5.75 Å². The first-order valence-electron chi connectivity index (χ1n) is 15.3. The molecule has 1 aromatic heterocycles. The van der Waals surface area contributed by atoms with Crippen molar-refractivity contribution in [2.75, 3.05) is 32.6 Å². The van der Waals surface area contributed by atoms with Crippen molar-refractivity contribution >= 4 is 23.3 Å². The van der Waals surface area contributed by atoms with Crippen LogP contribution >= 0.6 is 0 Å². The molecule has 1 aliphatic heterocycles. The highest BCUT2D eigenvalue weighted by Crippen LogP contribution is 2.39. The van der Waals surface area contributed by atoms with Crippen LogP contribution < -0.4 is 15.4 Å². The number of methoxy groups -OCH3 is 1. The summed E-state index contributed by atoms with van der Waals surface area (Å²) in [5.41, 5.74) is -0.0837. The van der Waals surface area contributed by atoms with Crippen molar-refractivity contribution in [2.45, 2.75) is 83.9 Å². The summed E-state index contributed by atoms with van der Waals surface area (Å²) in [6.45, 7) is 5.83. The lowest BCUT2D eigenvalue weighted by Gasteiger charge is -2.32. The number of benzene rings is 1. The molecule has 0 bridgehead atoms. The standard InChI is InChI=1S/C32H44F3N5O3/c1-20(2)15-25(41)16-21-7-5-6-8-22(21)17-28-26(32(33,34)35)19-36-31(39-28)38-27-10-9-23(18-29(27)43-4)30(42)37-24-11-13-40(3)14-12-24/h9-10,18-22,24H,5-8,11-17H2,1-4H3,(H,37,42)(H,36,38,39)/t21-,22-/m0/s1. The number of nitrogens with one attached hydrogen (secondary N) is 2. The van der Waals surface area contributed by atoms with E-state index in [0.29, 0.717) is 29.8 Å². The maximum absolute atomic E-state index is 14.0. The van der Waals surface area contributed by atoms with Crippen molar-refractivity contribution in [3.63, 3.8) is 0 Å². The van der Waals surface area contributed by atoms with Crippen LogP contribution in [-0.2, 0) is 17.4 Å². The van der Waals surface area contributed by atoms with Gasteiger partial charge in [-0.1, -0.05) is 26.7 Å². The Morgan fingerprint density at radius 2 is 1.79 bits per heavy atom. The predicted molar refractivity (Wildman–Crippen MR) is 160 cm³/mol. The SMILES string of the molecule is COc1cc(C(=O)NC2CCN(C)CC2)ccc1Nc1ncc(C(F)(F)F)c(C[C@@H]2CCCC[C@H]2CC(=O)CC(C)C)n1. The second kappa shape index (κ2) is 14.5. The molecule has 4 rings (SSSR count). The van der Waals surface area contributed by atoms with Gasteiger partial charge in [0.1, 0.15) is 11.5 Å². The van der Waals surface area contributed by atoms with E-state index in [4.69, 9.17) is 4.74 Å². The van der Waals surface area contributed by atoms with Crippen molar-refractivity contribution in [3.05, 3.63) is 41.2 Å². The molecule has 1 aromatic carbocycles. The number of likely N-dealkylation sites (tertiary alicyclic amines) is 1. The van der Waals surface area contributed by atoms with Crippen molar-refractivity contribution in [1.29, 1.82) is 0 Å².